The summed E-state index contributed by atoms with van der Waals surface area (Å²) in [7, 11) is -3.04. The van der Waals surface area contributed by atoms with Crippen LogP contribution < -0.4 is 11.1 Å². The Balaban J connectivity index is 0.00000264. The van der Waals surface area contributed by atoms with Crippen molar-refractivity contribution in [2.45, 2.75) is 57.4 Å². The average molecular weight is 458 g/mol. The van der Waals surface area contributed by atoms with Crippen LogP contribution in [0.4, 0.5) is 0 Å². The number of aliphatic imine (C=N–C) groups is 1. The topological polar surface area (TPSA) is 87.8 Å². The third-order valence-electron chi connectivity index (χ3n) is 4.77. The molecular weight excluding hydrogens is 427 g/mol. The fourth-order valence-electron chi connectivity index (χ4n) is 3.33. The zero-order valence-corrected chi connectivity index (χ0v) is 17.2. The van der Waals surface area contributed by atoms with Crippen molar-refractivity contribution in [3.8, 4) is 0 Å². The smallest absolute Gasteiger partial charge is 0.211 e. The summed E-state index contributed by atoms with van der Waals surface area (Å²) in [5.74, 6) is 0.991. The van der Waals surface area contributed by atoms with Gasteiger partial charge in [0.25, 0.3) is 0 Å². The molecule has 1 heterocycles. The van der Waals surface area contributed by atoms with Gasteiger partial charge in [-0.15, -0.1) is 24.0 Å². The number of nitrogens with zero attached hydrogens (tertiary/aromatic N) is 2. The van der Waals surface area contributed by atoms with Crippen molar-refractivity contribution in [2.75, 3.05) is 25.9 Å². The van der Waals surface area contributed by atoms with Crippen molar-refractivity contribution in [3.05, 3.63) is 0 Å². The van der Waals surface area contributed by atoms with E-state index < -0.39 is 10.0 Å². The highest BCUT2D eigenvalue weighted by Gasteiger charge is 2.24. The molecule has 2 fully saturated rings. The number of hydrogen-bond acceptors (Lipinski definition) is 3. The summed E-state index contributed by atoms with van der Waals surface area (Å²) in [4.78, 5) is 4.48. The standard InChI is InChI=1S/C15H30N4O2S.HI/c1-22(20,21)19-10-8-13(9-11-19)12-17-15(16)18-14-6-4-2-3-5-7-14;/h13-14H,2-12H2,1H3,(H3,16,17,18);1H. The predicted molar refractivity (Wildman–Crippen MR) is 106 cm³/mol. The summed E-state index contributed by atoms with van der Waals surface area (Å²) >= 11 is 0. The number of piperidine rings is 1. The first-order valence-electron chi connectivity index (χ1n) is 8.47. The molecule has 0 unspecified atom stereocenters. The van der Waals surface area contributed by atoms with Gasteiger partial charge in [0.2, 0.25) is 10.0 Å². The zero-order valence-electron chi connectivity index (χ0n) is 14.0. The molecule has 0 aromatic heterocycles. The highest BCUT2D eigenvalue weighted by atomic mass is 127. The average Bonchev–Trinajstić information content (AvgIpc) is 2.73. The number of sulfonamides is 1. The van der Waals surface area contributed by atoms with E-state index in [2.05, 4.69) is 10.3 Å². The molecule has 1 saturated heterocycles. The number of rotatable bonds is 4. The Labute approximate surface area is 157 Å². The van der Waals surface area contributed by atoms with Gasteiger partial charge in [-0.05, 0) is 31.6 Å². The van der Waals surface area contributed by atoms with Gasteiger partial charge in [0.05, 0.1) is 6.26 Å². The molecule has 0 radical (unpaired) electrons. The monoisotopic (exact) mass is 458 g/mol. The molecule has 23 heavy (non-hydrogen) atoms. The van der Waals surface area contributed by atoms with E-state index in [0.717, 1.165) is 12.8 Å². The minimum absolute atomic E-state index is 0. The molecule has 0 aromatic rings. The van der Waals surface area contributed by atoms with Crippen molar-refractivity contribution in [1.29, 1.82) is 0 Å². The van der Waals surface area contributed by atoms with Crippen molar-refractivity contribution in [3.63, 3.8) is 0 Å². The highest BCUT2D eigenvalue weighted by Crippen LogP contribution is 2.19. The molecule has 0 bridgehead atoms. The van der Waals surface area contributed by atoms with E-state index in [-0.39, 0.29) is 24.0 Å². The molecule has 3 N–H and O–H groups in total. The van der Waals surface area contributed by atoms with Gasteiger partial charge >= 0.3 is 0 Å². The van der Waals surface area contributed by atoms with Crippen LogP contribution in [0, 0.1) is 5.92 Å². The fourth-order valence-corrected chi connectivity index (χ4v) is 4.20. The zero-order chi connectivity index (χ0) is 16.0. The van der Waals surface area contributed by atoms with Crippen LogP contribution in [0.3, 0.4) is 0 Å². The van der Waals surface area contributed by atoms with Gasteiger partial charge in [0.15, 0.2) is 5.96 Å². The Morgan fingerprint density at radius 3 is 2.22 bits per heavy atom. The quantitative estimate of drug-likeness (QED) is 0.292. The molecule has 2 aliphatic rings. The van der Waals surface area contributed by atoms with E-state index in [1.165, 1.54) is 44.8 Å². The second kappa shape index (κ2) is 10.0. The van der Waals surface area contributed by atoms with Crippen LogP contribution in [0.1, 0.15) is 51.4 Å². The van der Waals surface area contributed by atoms with Crippen LogP contribution in [0.5, 0.6) is 0 Å². The molecule has 1 aliphatic carbocycles. The van der Waals surface area contributed by atoms with Gasteiger partial charge in [-0.2, -0.15) is 0 Å². The van der Waals surface area contributed by atoms with E-state index in [1.807, 2.05) is 0 Å². The summed E-state index contributed by atoms with van der Waals surface area (Å²) < 4.78 is 24.5. The number of nitrogens with two attached hydrogens (primary N) is 1. The molecule has 0 spiro atoms. The first-order valence-corrected chi connectivity index (χ1v) is 10.3. The lowest BCUT2D eigenvalue weighted by molar-refractivity contribution is 0.280. The molecule has 6 nitrogen and oxygen atoms in total. The van der Waals surface area contributed by atoms with Crippen LogP contribution in [0.25, 0.3) is 0 Å². The maximum absolute atomic E-state index is 11.5. The lowest BCUT2D eigenvalue weighted by Gasteiger charge is -2.29. The van der Waals surface area contributed by atoms with Crippen molar-refractivity contribution in [2.24, 2.45) is 16.6 Å². The normalized spacial score (nSPS) is 23.1. The van der Waals surface area contributed by atoms with Crippen molar-refractivity contribution < 1.29 is 8.42 Å². The minimum atomic E-state index is -3.04. The Morgan fingerprint density at radius 2 is 1.70 bits per heavy atom. The highest BCUT2D eigenvalue weighted by molar-refractivity contribution is 14.0. The molecular formula is C15H31IN4O2S. The molecule has 8 heteroatoms. The predicted octanol–water partition coefficient (Wildman–Crippen LogP) is 1.90. The van der Waals surface area contributed by atoms with Gasteiger partial charge in [-0.1, -0.05) is 25.7 Å². The molecule has 0 atom stereocenters. The van der Waals surface area contributed by atoms with Crippen molar-refractivity contribution >= 4 is 40.0 Å². The lowest BCUT2D eigenvalue weighted by atomic mass is 9.98. The number of halogens is 1. The summed E-state index contributed by atoms with van der Waals surface area (Å²) in [6.45, 7) is 1.91. The summed E-state index contributed by atoms with van der Waals surface area (Å²) in [5, 5.41) is 3.35. The first kappa shape index (κ1) is 21.0. The third kappa shape index (κ3) is 7.55. The van der Waals surface area contributed by atoms with Gasteiger partial charge in [0.1, 0.15) is 0 Å². The SMILES string of the molecule is CS(=O)(=O)N1CCC(CN=C(N)NC2CCCCCC2)CC1.I. The maximum atomic E-state index is 11.5. The van der Waals surface area contributed by atoms with E-state index >= 15 is 0 Å². The van der Waals surface area contributed by atoms with Crippen LogP contribution in [0.15, 0.2) is 4.99 Å². The van der Waals surface area contributed by atoms with E-state index in [9.17, 15) is 8.42 Å². The largest absolute Gasteiger partial charge is 0.370 e. The minimum Gasteiger partial charge on any atom is -0.370 e. The van der Waals surface area contributed by atoms with Crippen LogP contribution in [-0.2, 0) is 10.0 Å². The third-order valence-corrected chi connectivity index (χ3v) is 6.07. The number of nitrogens with one attached hydrogen (secondary N) is 1. The second-order valence-electron chi connectivity index (χ2n) is 6.66. The fraction of sp³-hybridized carbons (Fsp3) is 0.933. The Kier molecular flexibility index (Phi) is 9.13. The van der Waals surface area contributed by atoms with E-state index in [1.54, 1.807) is 4.31 Å². The molecule has 0 aromatic carbocycles. The van der Waals surface area contributed by atoms with E-state index in [0.29, 0.717) is 37.6 Å². The van der Waals surface area contributed by atoms with Gasteiger partial charge in [0, 0.05) is 25.7 Å². The molecule has 0 amide bonds. The van der Waals surface area contributed by atoms with Crippen LogP contribution in [0.2, 0.25) is 0 Å². The first-order chi connectivity index (χ1) is 10.4. The molecule has 1 saturated carbocycles. The van der Waals surface area contributed by atoms with Crippen LogP contribution in [-0.4, -0.2) is 50.6 Å². The Hall–Kier alpha value is -0.0900. The van der Waals surface area contributed by atoms with Crippen LogP contribution >= 0.6 is 24.0 Å². The van der Waals surface area contributed by atoms with E-state index in [4.69, 9.17) is 5.73 Å². The molecule has 136 valence electrons. The Morgan fingerprint density at radius 1 is 1.13 bits per heavy atom. The maximum Gasteiger partial charge on any atom is 0.211 e. The number of guanidine groups is 1. The number of hydrogen-bond donors (Lipinski definition) is 2. The van der Waals surface area contributed by atoms with Gasteiger partial charge in [-0.25, -0.2) is 12.7 Å². The summed E-state index contributed by atoms with van der Waals surface area (Å²) in [5.41, 5.74) is 6.00. The lowest BCUT2D eigenvalue weighted by Crippen LogP contribution is -2.41. The summed E-state index contributed by atoms with van der Waals surface area (Å²) in [6, 6.07) is 0.471. The molecule has 1 aliphatic heterocycles. The van der Waals surface area contributed by atoms with Crippen molar-refractivity contribution in [1.82, 2.24) is 9.62 Å². The Bertz CT molecular complexity index is 468. The second-order valence-corrected chi connectivity index (χ2v) is 8.65. The van der Waals surface area contributed by atoms with Gasteiger partial charge < -0.3 is 11.1 Å². The molecule has 2 rings (SSSR count). The summed E-state index contributed by atoms with van der Waals surface area (Å²) in [6.07, 6.45) is 10.6. The van der Waals surface area contributed by atoms with Gasteiger partial charge in [-0.3, -0.25) is 4.99 Å².